The molecule has 2 rings (SSSR count). The SMILES string of the molecule is CCCN(C(=O)c1coc(C)c1)c1cccc(N)c1. The van der Waals surface area contributed by atoms with E-state index in [1.165, 1.54) is 6.26 Å². The van der Waals surface area contributed by atoms with Crippen LogP contribution < -0.4 is 10.6 Å². The first-order valence-electron chi connectivity index (χ1n) is 6.34. The third kappa shape index (κ3) is 2.96. The lowest BCUT2D eigenvalue weighted by Crippen LogP contribution is -2.31. The van der Waals surface area contributed by atoms with Gasteiger partial charge in [0.05, 0.1) is 5.56 Å². The number of rotatable bonds is 4. The molecule has 4 heteroatoms. The zero-order chi connectivity index (χ0) is 13.8. The molecule has 1 amide bonds. The Labute approximate surface area is 112 Å². The average molecular weight is 258 g/mol. The van der Waals surface area contributed by atoms with E-state index in [0.717, 1.165) is 17.9 Å². The van der Waals surface area contributed by atoms with Crippen molar-refractivity contribution in [2.24, 2.45) is 0 Å². The van der Waals surface area contributed by atoms with Crippen LogP contribution in [0, 0.1) is 6.92 Å². The van der Waals surface area contributed by atoms with Crippen LogP contribution in [0.5, 0.6) is 0 Å². The lowest BCUT2D eigenvalue weighted by molar-refractivity contribution is 0.0986. The minimum Gasteiger partial charge on any atom is -0.469 e. The molecule has 1 heterocycles. The van der Waals surface area contributed by atoms with Gasteiger partial charge in [-0.05, 0) is 37.6 Å². The summed E-state index contributed by atoms with van der Waals surface area (Å²) in [5.41, 5.74) is 7.80. The first-order chi connectivity index (χ1) is 9.11. The fourth-order valence-corrected chi connectivity index (χ4v) is 1.98. The van der Waals surface area contributed by atoms with Gasteiger partial charge in [0.1, 0.15) is 12.0 Å². The molecule has 0 saturated heterocycles. The van der Waals surface area contributed by atoms with Crippen LogP contribution in [0.2, 0.25) is 0 Å². The van der Waals surface area contributed by atoms with Crippen LogP contribution >= 0.6 is 0 Å². The third-order valence-corrected chi connectivity index (χ3v) is 2.85. The largest absolute Gasteiger partial charge is 0.469 e. The highest BCUT2D eigenvalue weighted by Crippen LogP contribution is 2.21. The standard InChI is InChI=1S/C15H18N2O2/c1-3-7-17(14-6-4-5-13(16)9-14)15(18)12-8-11(2)19-10-12/h4-6,8-10H,3,7,16H2,1-2H3. The van der Waals surface area contributed by atoms with Crippen LogP contribution in [0.3, 0.4) is 0 Å². The summed E-state index contributed by atoms with van der Waals surface area (Å²) in [5, 5.41) is 0. The number of hydrogen-bond donors (Lipinski definition) is 1. The minimum atomic E-state index is -0.0655. The first-order valence-corrected chi connectivity index (χ1v) is 6.34. The summed E-state index contributed by atoms with van der Waals surface area (Å²) in [4.78, 5) is 14.2. The highest BCUT2D eigenvalue weighted by atomic mass is 16.3. The second kappa shape index (κ2) is 5.61. The molecule has 0 bridgehead atoms. The Morgan fingerprint density at radius 3 is 2.74 bits per heavy atom. The maximum atomic E-state index is 12.5. The molecule has 19 heavy (non-hydrogen) atoms. The normalized spacial score (nSPS) is 10.4. The van der Waals surface area contributed by atoms with Gasteiger partial charge in [-0.2, -0.15) is 0 Å². The van der Waals surface area contributed by atoms with Crippen LogP contribution in [0.4, 0.5) is 11.4 Å². The molecular formula is C15H18N2O2. The number of nitrogens with two attached hydrogens (primary N) is 1. The fraction of sp³-hybridized carbons (Fsp3) is 0.267. The zero-order valence-corrected chi connectivity index (χ0v) is 11.2. The van der Waals surface area contributed by atoms with Crippen molar-refractivity contribution in [1.82, 2.24) is 0 Å². The summed E-state index contributed by atoms with van der Waals surface area (Å²) in [6.45, 7) is 4.50. The molecule has 100 valence electrons. The van der Waals surface area contributed by atoms with Crippen molar-refractivity contribution < 1.29 is 9.21 Å². The molecule has 0 atom stereocenters. The molecular weight excluding hydrogens is 240 g/mol. The van der Waals surface area contributed by atoms with E-state index in [2.05, 4.69) is 0 Å². The van der Waals surface area contributed by atoms with E-state index in [4.69, 9.17) is 10.2 Å². The predicted octanol–water partition coefficient (Wildman–Crippen LogP) is 3.23. The van der Waals surface area contributed by atoms with Gasteiger partial charge in [-0.1, -0.05) is 13.0 Å². The fourth-order valence-electron chi connectivity index (χ4n) is 1.98. The minimum absolute atomic E-state index is 0.0655. The maximum absolute atomic E-state index is 12.5. The number of aryl methyl sites for hydroxylation is 1. The Balaban J connectivity index is 2.32. The number of carbonyl (C=O) groups excluding carboxylic acids is 1. The molecule has 0 spiro atoms. The van der Waals surface area contributed by atoms with E-state index in [1.807, 2.05) is 26.0 Å². The van der Waals surface area contributed by atoms with Crippen LogP contribution in [0.25, 0.3) is 0 Å². The second-order valence-corrected chi connectivity index (χ2v) is 4.50. The molecule has 0 aliphatic rings. The van der Waals surface area contributed by atoms with Crippen molar-refractivity contribution in [3.05, 3.63) is 47.9 Å². The molecule has 2 N–H and O–H groups in total. The molecule has 0 radical (unpaired) electrons. The summed E-state index contributed by atoms with van der Waals surface area (Å²) >= 11 is 0. The summed E-state index contributed by atoms with van der Waals surface area (Å²) in [6.07, 6.45) is 2.37. The number of carbonyl (C=O) groups is 1. The quantitative estimate of drug-likeness (QED) is 0.856. The lowest BCUT2D eigenvalue weighted by atomic mass is 10.2. The number of benzene rings is 1. The van der Waals surface area contributed by atoms with Crippen molar-refractivity contribution in [2.45, 2.75) is 20.3 Å². The number of nitrogen functional groups attached to an aromatic ring is 1. The van der Waals surface area contributed by atoms with Crippen molar-refractivity contribution in [3.63, 3.8) is 0 Å². The van der Waals surface area contributed by atoms with Gasteiger partial charge in [0.2, 0.25) is 0 Å². The lowest BCUT2D eigenvalue weighted by Gasteiger charge is -2.21. The van der Waals surface area contributed by atoms with Gasteiger partial charge in [-0.3, -0.25) is 4.79 Å². The van der Waals surface area contributed by atoms with E-state index in [9.17, 15) is 4.79 Å². The Morgan fingerprint density at radius 1 is 1.37 bits per heavy atom. The number of hydrogen-bond acceptors (Lipinski definition) is 3. The average Bonchev–Trinajstić information content (AvgIpc) is 2.82. The third-order valence-electron chi connectivity index (χ3n) is 2.85. The van der Waals surface area contributed by atoms with Gasteiger partial charge in [0, 0.05) is 17.9 Å². The summed E-state index contributed by atoms with van der Waals surface area (Å²) < 4.78 is 5.20. The molecule has 1 aromatic heterocycles. The number of nitrogens with zero attached hydrogens (tertiary/aromatic N) is 1. The molecule has 0 aliphatic carbocycles. The summed E-state index contributed by atoms with van der Waals surface area (Å²) in [7, 11) is 0. The van der Waals surface area contributed by atoms with Crippen molar-refractivity contribution in [1.29, 1.82) is 0 Å². The van der Waals surface area contributed by atoms with Crippen LogP contribution in [0.1, 0.15) is 29.5 Å². The Hall–Kier alpha value is -2.23. The smallest absolute Gasteiger partial charge is 0.261 e. The molecule has 0 fully saturated rings. The predicted molar refractivity (Wildman–Crippen MR) is 76.3 cm³/mol. The maximum Gasteiger partial charge on any atom is 0.261 e. The van der Waals surface area contributed by atoms with Gasteiger partial charge in [-0.15, -0.1) is 0 Å². The highest BCUT2D eigenvalue weighted by molar-refractivity contribution is 6.06. The molecule has 4 nitrogen and oxygen atoms in total. The van der Waals surface area contributed by atoms with Gasteiger partial charge in [0.15, 0.2) is 0 Å². The Morgan fingerprint density at radius 2 is 2.16 bits per heavy atom. The van der Waals surface area contributed by atoms with E-state index in [-0.39, 0.29) is 5.91 Å². The molecule has 0 unspecified atom stereocenters. The zero-order valence-electron chi connectivity index (χ0n) is 11.2. The van der Waals surface area contributed by atoms with E-state index in [1.54, 1.807) is 23.1 Å². The second-order valence-electron chi connectivity index (χ2n) is 4.50. The Bertz CT molecular complexity index is 575. The summed E-state index contributed by atoms with van der Waals surface area (Å²) in [6, 6.07) is 9.09. The summed E-state index contributed by atoms with van der Waals surface area (Å²) in [5.74, 6) is 0.664. The monoisotopic (exact) mass is 258 g/mol. The number of furan rings is 1. The van der Waals surface area contributed by atoms with Gasteiger partial charge in [0.25, 0.3) is 5.91 Å². The first kappa shape index (κ1) is 13.2. The van der Waals surface area contributed by atoms with E-state index < -0.39 is 0 Å². The van der Waals surface area contributed by atoms with Crippen LogP contribution in [-0.2, 0) is 0 Å². The highest BCUT2D eigenvalue weighted by Gasteiger charge is 2.18. The van der Waals surface area contributed by atoms with E-state index in [0.29, 0.717) is 17.8 Å². The molecule has 0 aliphatic heterocycles. The Kier molecular flexibility index (Phi) is 3.90. The molecule has 1 aromatic carbocycles. The number of amides is 1. The van der Waals surface area contributed by atoms with Crippen LogP contribution in [0.15, 0.2) is 41.0 Å². The number of anilines is 2. The van der Waals surface area contributed by atoms with Crippen molar-refractivity contribution in [3.8, 4) is 0 Å². The van der Waals surface area contributed by atoms with Crippen molar-refractivity contribution >= 4 is 17.3 Å². The topological polar surface area (TPSA) is 59.5 Å². The van der Waals surface area contributed by atoms with Gasteiger partial charge < -0.3 is 15.1 Å². The molecule has 2 aromatic rings. The van der Waals surface area contributed by atoms with Gasteiger partial charge in [-0.25, -0.2) is 0 Å². The van der Waals surface area contributed by atoms with E-state index >= 15 is 0 Å². The van der Waals surface area contributed by atoms with Crippen molar-refractivity contribution in [2.75, 3.05) is 17.2 Å². The molecule has 0 saturated carbocycles. The van der Waals surface area contributed by atoms with Crippen LogP contribution in [-0.4, -0.2) is 12.5 Å². The van der Waals surface area contributed by atoms with Gasteiger partial charge >= 0.3 is 0 Å².